The fraction of sp³-hybridized carbons (Fsp3) is 0.750. The Labute approximate surface area is 53.3 Å². The van der Waals surface area contributed by atoms with E-state index >= 15 is 0 Å². The van der Waals surface area contributed by atoms with Crippen LogP contribution in [-0.2, 0) is 0 Å². The van der Waals surface area contributed by atoms with Crippen LogP contribution in [0.15, 0.2) is 0 Å². The molecule has 1 atom stereocenters. The van der Waals surface area contributed by atoms with Gasteiger partial charge in [-0.05, 0) is 18.8 Å². The van der Waals surface area contributed by atoms with Crippen LogP contribution in [-0.4, -0.2) is 0 Å². The van der Waals surface area contributed by atoms with Crippen LogP contribution in [0.1, 0.15) is 33.1 Å². The second-order valence-electron chi connectivity index (χ2n) is 2.21. The topological polar surface area (TPSA) is 0 Å². The molecule has 0 saturated carbocycles. The largest absolute Gasteiger partial charge is 0.0651 e. The fourth-order valence-electron chi connectivity index (χ4n) is 0.569. The highest BCUT2D eigenvalue weighted by Gasteiger charge is 1.95. The second-order valence-corrected chi connectivity index (χ2v) is 2.21. The predicted octanol–water partition coefficient (Wildman–Crippen LogP) is 2.85. The molecule has 0 fully saturated rings. The molecule has 0 aliphatic heterocycles. The summed E-state index contributed by atoms with van der Waals surface area (Å²) in [7, 11) is 0. The Morgan fingerprint density at radius 1 is 1.50 bits per heavy atom. The normalized spacial score (nSPS) is 13.9. The molecule has 2 radical (unpaired) electrons. The Hall–Kier alpha value is 0. The molecule has 0 spiro atoms. The molecular formula is C8H16. The third-order valence-corrected chi connectivity index (χ3v) is 1.37. The molecule has 0 aromatic rings. The zero-order valence-corrected chi connectivity index (χ0v) is 5.98. The van der Waals surface area contributed by atoms with Gasteiger partial charge in [0.15, 0.2) is 0 Å². The number of rotatable bonds is 4. The van der Waals surface area contributed by atoms with E-state index in [9.17, 15) is 0 Å². The van der Waals surface area contributed by atoms with Crippen LogP contribution in [0.3, 0.4) is 0 Å². The first-order chi connectivity index (χ1) is 3.81. The molecule has 0 heteroatoms. The predicted molar refractivity (Wildman–Crippen MR) is 38.3 cm³/mol. The molecule has 8 heavy (non-hydrogen) atoms. The van der Waals surface area contributed by atoms with Gasteiger partial charge in [0.2, 0.25) is 0 Å². The van der Waals surface area contributed by atoms with E-state index in [2.05, 4.69) is 27.2 Å². The van der Waals surface area contributed by atoms with Gasteiger partial charge in [0.1, 0.15) is 0 Å². The van der Waals surface area contributed by atoms with E-state index < -0.39 is 0 Å². The van der Waals surface area contributed by atoms with Crippen molar-refractivity contribution in [2.24, 2.45) is 5.92 Å². The third-order valence-electron chi connectivity index (χ3n) is 1.37. The number of unbranched alkanes of at least 4 members (excludes halogenated alkanes) is 1. The first kappa shape index (κ1) is 8.00. The standard InChI is InChI=1S/C8H16/c1-4-6-7-8(3)5-2/h6,8H,3-5,7H2,1-2H3. The summed E-state index contributed by atoms with van der Waals surface area (Å²) in [5.74, 6) is 0.648. The third kappa shape index (κ3) is 4.17. The smallest absolute Gasteiger partial charge is 0.0386 e. The Bertz CT molecular complexity index is 39.3. The average Bonchev–Trinajstić information content (AvgIpc) is 1.83. The summed E-state index contributed by atoms with van der Waals surface area (Å²) in [4.78, 5) is 0. The first-order valence-corrected chi connectivity index (χ1v) is 3.46. The van der Waals surface area contributed by atoms with Gasteiger partial charge >= 0.3 is 0 Å². The van der Waals surface area contributed by atoms with Gasteiger partial charge in [-0.1, -0.05) is 33.6 Å². The van der Waals surface area contributed by atoms with Crippen molar-refractivity contribution < 1.29 is 0 Å². The number of hydrogen-bond donors (Lipinski definition) is 0. The van der Waals surface area contributed by atoms with Crippen LogP contribution in [0.2, 0.25) is 0 Å². The highest BCUT2D eigenvalue weighted by molar-refractivity contribution is 4.69. The van der Waals surface area contributed by atoms with E-state index in [1.165, 1.54) is 19.3 Å². The van der Waals surface area contributed by atoms with E-state index in [0.717, 1.165) is 0 Å². The van der Waals surface area contributed by atoms with Crippen molar-refractivity contribution in [3.63, 3.8) is 0 Å². The van der Waals surface area contributed by atoms with Crippen molar-refractivity contribution in [3.05, 3.63) is 13.3 Å². The Balaban J connectivity index is 2.86. The highest BCUT2D eigenvalue weighted by Crippen LogP contribution is 2.08. The van der Waals surface area contributed by atoms with Crippen molar-refractivity contribution in [3.8, 4) is 0 Å². The van der Waals surface area contributed by atoms with Crippen molar-refractivity contribution in [1.29, 1.82) is 0 Å². The van der Waals surface area contributed by atoms with Gasteiger partial charge in [-0.2, -0.15) is 0 Å². The van der Waals surface area contributed by atoms with Crippen molar-refractivity contribution in [1.82, 2.24) is 0 Å². The van der Waals surface area contributed by atoms with Crippen LogP contribution >= 0.6 is 0 Å². The summed E-state index contributed by atoms with van der Waals surface area (Å²) >= 11 is 0. The molecule has 0 aliphatic rings. The summed E-state index contributed by atoms with van der Waals surface area (Å²) in [6.45, 7) is 8.31. The summed E-state index contributed by atoms with van der Waals surface area (Å²) in [5, 5.41) is 0. The minimum absolute atomic E-state index is 0.648. The van der Waals surface area contributed by atoms with Crippen LogP contribution in [0, 0.1) is 19.3 Å². The average molecular weight is 112 g/mol. The van der Waals surface area contributed by atoms with E-state index in [-0.39, 0.29) is 0 Å². The van der Waals surface area contributed by atoms with Crippen molar-refractivity contribution >= 4 is 0 Å². The molecule has 0 nitrogen and oxygen atoms in total. The van der Waals surface area contributed by atoms with Gasteiger partial charge in [-0.15, -0.1) is 0 Å². The van der Waals surface area contributed by atoms with Gasteiger partial charge < -0.3 is 0 Å². The number of hydrogen-bond acceptors (Lipinski definition) is 0. The molecule has 0 heterocycles. The Morgan fingerprint density at radius 3 is 2.50 bits per heavy atom. The summed E-state index contributed by atoms with van der Waals surface area (Å²) < 4.78 is 0. The molecule has 0 aromatic carbocycles. The van der Waals surface area contributed by atoms with Gasteiger partial charge in [0.25, 0.3) is 0 Å². The minimum Gasteiger partial charge on any atom is -0.0651 e. The van der Waals surface area contributed by atoms with Crippen molar-refractivity contribution in [2.75, 3.05) is 0 Å². The lowest BCUT2D eigenvalue weighted by atomic mass is 10.0. The van der Waals surface area contributed by atoms with Crippen LogP contribution in [0.25, 0.3) is 0 Å². The maximum absolute atomic E-state index is 3.96. The second kappa shape index (κ2) is 5.14. The summed E-state index contributed by atoms with van der Waals surface area (Å²) in [5.41, 5.74) is 0. The Kier molecular flexibility index (Phi) is 5.14. The highest BCUT2D eigenvalue weighted by atomic mass is 14.0. The molecule has 0 amide bonds. The SMILES string of the molecule is [CH2]C(CC)C[CH]CC. The van der Waals surface area contributed by atoms with E-state index in [1.807, 2.05) is 0 Å². The maximum Gasteiger partial charge on any atom is -0.0386 e. The molecule has 0 saturated heterocycles. The monoisotopic (exact) mass is 112 g/mol. The van der Waals surface area contributed by atoms with Gasteiger partial charge in [-0.3, -0.25) is 0 Å². The first-order valence-electron chi connectivity index (χ1n) is 3.46. The fourth-order valence-corrected chi connectivity index (χ4v) is 0.569. The van der Waals surface area contributed by atoms with Gasteiger partial charge in [0.05, 0.1) is 0 Å². The van der Waals surface area contributed by atoms with Gasteiger partial charge in [-0.25, -0.2) is 0 Å². The quantitative estimate of drug-likeness (QED) is 0.524. The van der Waals surface area contributed by atoms with E-state index in [4.69, 9.17) is 0 Å². The minimum atomic E-state index is 0.648. The van der Waals surface area contributed by atoms with Crippen LogP contribution < -0.4 is 0 Å². The molecule has 0 aliphatic carbocycles. The molecular weight excluding hydrogens is 96.1 g/mol. The molecule has 1 unspecified atom stereocenters. The zero-order valence-electron chi connectivity index (χ0n) is 5.98. The molecule has 0 aromatic heterocycles. The lowest BCUT2D eigenvalue weighted by Gasteiger charge is -2.03. The molecule has 0 N–H and O–H groups in total. The van der Waals surface area contributed by atoms with Gasteiger partial charge in [0, 0.05) is 0 Å². The summed E-state index contributed by atoms with van der Waals surface area (Å²) in [6.07, 6.45) is 5.87. The molecule has 0 rings (SSSR count). The lowest BCUT2D eigenvalue weighted by Crippen LogP contribution is -1.91. The molecule has 0 bridgehead atoms. The maximum atomic E-state index is 3.96. The lowest BCUT2D eigenvalue weighted by molar-refractivity contribution is 0.603. The van der Waals surface area contributed by atoms with Crippen molar-refractivity contribution in [2.45, 2.75) is 33.1 Å². The zero-order chi connectivity index (χ0) is 6.41. The van der Waals surface area contributed by atoms with Crippen LogP contribution in [0.5, 0.6) is 0 Å². The van der Waals surface area contributed by atoms with Crippen LogP contribution in [0.4, 0.5) is 0 Å². The van der Waals surface area contributed by atoms with E-state index in [1.54, 1.807) is 0 Å². The summed E-state index contributed by atoms with van der Waals surface area (Å²) in [6, 6.07) is 0. The molecule has 48 valence electrons. The van der Waals surface area contributed by atoms with E-state index in [0.29, 0.717) is 5.92 Å². The Morgan fingerprint density at radius 2 is 2.12 bits per heavy atom.